The van der Waals surface area contributed by atoms with Gasteiger partial charge in [-0.25, -0.2) is 9.36 Å². The number of rotatable bonds is 2. The van der Waals surface area contributed by atoms with Crippen LogP contribution in [0.2, 0.25) is 5.15 Å². The van der Waals surface area contributed by atoms with E-state index in [0.29, 0.717) is 15.9 Å². The quantitative estimate of drug-likeness (QED) is 0.853. The molecule has 5 nitrogen and oxygen atoms in total. The molecule has 0 unspecified atom stereocenters. The summed E-state index contributed by atoms with van der Waals surface area (Å²) >= 11 is 5.41. The van der Waals surface area contributed by atoms with Crippen LogP contribution in [-0.2, 0) is 0 Å². The molecule has 19 heavy (non-hydrogen) atoms. The standard InChI is InChI=1S/C12H10ClFN2O3/c1-6-3-4-7(19-2)5-8(6)16-11(17)9(14)10(13)15-12(16)18/h3-5H,1-2H3,(H,15,18). The lowest BCUT2D eigenvalue weighted by Gasteiger charge is -2.10. The fraction of sp³-hybridized carbons (Fsp3) is 0.167. The van der Waals surface area contributed by atoms with Crippen LogP contribution in [0.5, 0.6) is 5.75 Å². The van der Waals surface area contributed by atoms with Gasteiger partial charge in [0.05, 0.1) is 12.8 Å². The molecule has 0 bridgehead atoms. The summed E-state index contributed by atoms with van der Waals surface area (Å²) in [7, 11) is 1.45. The molecule has 1 aromatic heterocycles. The van der Waals surface area contributed by atoms with Gasteiger partial charge < -0.3 is 4.74 Å². The van der Waals surface area contributed by atoms with Gasteiger partial charge in [0.15, 0.2) is 5.15 Å². The Bertz CT molecular complexity index is 752. The van der Waals surface area contributed by atoms with Crippen molar-refractivity contribution >= 4 is 11.6 Å². The first-order valence-corrected chi connectivity index (χ1v) is 5.69. The van der Waals surface area contributed by atoms with Gasteiger partial charge in [-0.05, 0) is 18.6 Å². The smallest absolute Gasteiger partial charge is 0.334 e. The van der Waals surface area contributed by atoms with Crippen LogP contribution in [-0.4, -0.2) is 16.7 Å². The number of nitrogens with one attached hydrogen (secondary N) is 1. The Labute approximate surface area is 112 Å². The highest BCUT2D eigenvalue weighted by molar-refractivity contribution is 6.29. The fourth-order valence-electron chi connectivity index (χ4n) is 1.66. The monoisotopic (exact) mass is 284 g/mol. The van der Waals surface area contributed by atoms with Crippen LogP contribution in [0.25, 0.3) is 5.69 Å². The van der Waals surface area contributed by atoms with Crippen LogP contribution < -0.4 is 16.0 Å². The molecule has 0 aliphatic heterocycles. The second-order valence-corrected chi connectivity index (χ2v) is 4.23. The predicted molar refractivity (Wildman–Crippen MR) is 68.9 cm³/mol. The summed E-state index contributed by atoms with van der Waals surface area (Å²) in [6.45, 7) is 1.69. The number of benzene rings is 1. The lowest BCUT2D eigenvalue weighted by atomic mass is 10.2. The highest BCUT2D eigenvalue weighted by Gasteiger charge is 2.15. The molecule has 2 aromatic rings. The second kappa shape index (κ2) is 4.89. The Balaban J connectivity index is 2.83. The van der Waals surface area contributed by atoms with Crippen molar-refractivity contribution in [2.45, 2.75) is 6.92 Å². The number of aryl methyl sites for hydroxylation is 1. The van der Waals surface area contributed by atoms with E-state index in [1.807, 2.05) is 0 Å². The minimum Gasteiger partial charge on any atom is -0.497 e. The summed E-state index contributed by atoms with van der Waals surface area (Å²) in [6.07, 6.45) is 0. The Hall–Kier alpha value is -2.08. The maximum atomic E-state index is 13.5. The molecule has 0 aliphatic rings. The molecule has 0 aliphatic carbocycles. The molecule has 0 fully saturated rings. The number of H-pyrrole nitrogens is 1. The van der Waals surface area contributed by atoms with E-state index in [0.717, 1.165) is 0 Å². The molecular weight excluding hydrogens is 275 g/mol. The molecule has 0 atom stereocenters. The van der Waals surface area contributed by atoms with E-state index in [1.165, 1.54) is 13.2 Å². The largest absolute Gasteiger partial charge is 0.497 e. The van der Waals surface area contributed by atoms with E-state index in [2.05, 4.69) is 4.98 Å². The molecule has 7 heteroatoms. The van der Waals surface area contributed by atoms with Gasteiger partial charge in [-0.2, -0.15) is 4.39 Å². The summed E-state index contributed by atoms with van der Waals surface area (Å²) in [5, 5.41) is -0.605. The number of aromatic nitrogens is 2. The Morgan fingerprint density at radius 2 is 2.05 bits per heavy atom. The van der Waals surface area contributed by atoms with Crippen molar-refractivity contribution in [1.29, 1.82) is 0 Å². The van der Waals surface area contributed by atoms with Crippen LogP contribution in [0.1, 0.15) is 5.56 Å². The van der Waals surface area contributed by atoms with Gasteiger partial charge in [-0.1, -0.05) is 17.7 Å². The Kier molecular flexibility index (Phi) is 3.44. The summed E-state index contributed by atoms with van der Waals surface area (Å²) in [4.78, 5) is 25.7. The van der Waals surface area contributed by atoms with E-state index in [4.69, 9.17) is 16.3 Å². The van der Waals surface area contributed by atoms with Crippen molar-refractivity contribution in [3.63, 3.8) is 0 Å². The van der Waals surface area contributed by atoms with Gasteiger partial charge in [-0.3, -0.25) is 9.78 Å². The molecule has 0 saturated carbocycles. The molecule has 1 aromatic carbocycles. The van der Waals surface area contributed by atoms with Crippen molar-refractivity contribution in [1.82, 2.24) is 9.55 Å². The lowest BCUT2D eigenvalue weighted by molar-refractivity contribution is 0.414. The number of nitrogens with zero attached hydrogens (tertiary/aromatic N) is 1. The summed E-state index contributed by atoms with van der Waals surface area (Å²) in [5.41, 5.74) is -1.06. The van der Waals surface area contributed by atoms with E-state index in [-0.39, 0.29) is 5.69 Å². The van der Waals surface area contributed by atoms with Gasteiger partial charge in [-0.15, -0.1) is 0 Å². The van der Waals surface area contributed by atoms with Crippen LogP contribution in [0.4, 0.5) is 4.39 Å². The molecule has 0 spiro atoms. The van der Waals surface area contributed by atoms with Gasteiger partial charge >= 0.3 is 5.69 Å². The Morgan fingerprint density at radius 3 is 2.68 bits per heavy atom. The number of aromatic amines is 1. The lowest BCUT2D eigenvalue weighted by Crippen LogP contribution is -2.36. The zero-order valence-electron chi connectivity index (χ0n) is 10.2. The van der Waals surface area contributed by atoms with Crippen molar-refractivity contribution < 1.29 is 9.13 Å². The first-order chi connectivity index (χ1) is 8.95. The topological polar surface area (TPSA) is 64.1 Å². The number of hydrogen-bond donors (Lipinski definition) is 1. The normalized spacial score (nSPS) is 10.5. The third-order valence-corrected chi connectivity index (χ3v) is 2.92. The third-order valence-electron chi connectivity index (χ3n) is 2.66. The number of halogens is 2. The van der Waals surface area contributed by atoms with Crippen LogP contribution in [0, 0.1) is 12.7 Å². The van der Waals surface area contributed by atoms with E-state index < -0.39 is 22.2 Å². The number of hydrogen-bond acceptors (Lipinski definition) is 3. The highest BCUT2D eigenvalue weighted by Crippen LogP contribution is 2.19. The predicted octanol–water partition coefficient (Wildman–Crippen LogP) is 1.64. The van der Waals surface area contributed by atoms with Gasteiger partial charge in [0.25, 0.3) is 5.56 Å². The van der Waals surface area contributed by atoms with Crippen molar-refractivity contribution in [2.75, 3.05) is 7.11 Å². The molecule has 0 saturated heterocycles. The van der Waals surface area contributed by atoms with E-state index in [9.17, 15) is 14.0 Å². The first-order valence-electron chi connectivity index (χ1n) is 5.31. The second-order valence-electron chi connectivity index (χ2n) is 3.85. The van der Waals surface area contributed by atoms with E-state index in [1.54, 1.807) is 19.1 Å². The summed E-state index contributed by atoms with van der Waals surface area (Å²) in [5.74, 6) is -0.759. The highest BCUT2D eigenvalue weighted by atomic mass is 35.5. The van der Waals surface area contributed by atoms with Crippen LogP contribution in [0.15, 0.2) is 27.8 Å². The SMILES string of the molecule is COc1ccc(C)c(-n2c(=O)[nH]c(Cl)c(F)c2=O)c1. The first kappa shape index (κ1) is 13.4. The average Bonchev–Trinajstić information content (AvgIpc) is 2.38. The molecular formula is C12H10ClFN2O3. The maximum absolute atomic E-state index is 13.5. The molecule has 100 valence electrons. The Morgan fingerprint density at radius 1 is 1.37 bits per heavy atom. The molecule has 1 heterocycles. The summed E-state index contributed by atoms with van der Waals surface area (Å²) < 4.78 is 19.2. The molecule has 2 rings (SSSR count). The van der Waals surface area contributed by atoms with Gasteiger partial charge in [0.2, 0.25) is 5.82 Å². The zero-order valence-corrected chi connectivity index (χ0v) is 10.9. The van der Waals surface area contributed by atoms with Crippen molar-refractivity contribution in [3.8, 4) is 11.4 Å². The minimum absolute atomic E-state index is 0.237. The zero-order chi connectivity index (χ0) is 14.2. The average molecular weight is 285 g/mol. The van der Waals surface area contributed by atoms with Gasteiger partial charge in [0, 0.05) is 6.07 Å². The number of methoxy groups -OCH3 is 1. The van der Waals surface area contributed by atoms with Crippen molar-refractivity contribution in [3.05, 3.63) is 55.6 Å². The molecule has 0 amide bonds. The molecule has 0 radical (unpaired) electrons. The maximum Gasteiger partial charge on any atom is 0.334 e. The van der Waals surface area contributed by atoms with Gasteiger partial charge in [0.1, 0.15) is 5.75 Å². The van der Waals surface area contributed by atoms with E-state index >= 15 is 0 Å². The van der Waals surface area contributed by atoms with Crippen molar-refractivity contribution in [2.24, 2.45) is 0 Å². The van der Waals surface area contributed by atoms with Crippen LogP contribution >= 0.6 is 11.6 Å². The minimum atomic E-state index is -1.21. The van der Waals surface area contributed by atoms with Crippen LogP contribution in [0.3, 0.4) is 0 Å². The fourth-order valence-corrected chi connectivity index (χ4v) is 1.83. The third kappa shape index (κ3) is 2.26. The molecule has 1 N–H and O–H groups in total. The number of ether oxygens (including phenoxy) is 1. The summed E-state index contributed by atoms with van der Waals surface area (Å²) in [6, 6.07) is 4.80.